The molecule has 1 aromatic carbocycles. The fraction of sp³-hybridized carbons (Fsp3) is 0.500. The van der Waals surface area contributed by atoms with Crippen LogP contribution in [0.3, 0.4) is 0 Å². The summed E-state index contributed by atoms with van der Waals surface area (Å²) in [5.74, 6) is 0.772. The van der Waals surface area contributed by atoms with Gasteiger partial charge >= 0.3 is 0 Å². The van der Waals surface area contributed by atoms with Crippen LogP contribution in [0.15, 0.2) is 18.2 Å². The van der Waals surface area contributed by atoms with Crippen molar-refractivity contribution in [3.05, 3.63) is 33.8 Å². The summed E-state index contributed by atoms with van der Waals surface area (Å²) in [5, 5.41) is 8.66. The van der Waals surface area contributed by atoms with Gasteiger partial charge in [-0.3, -0.25) is 10.3 Å². The maximum atomic E-state index is 7.33. The van der Waals surface area contributed by atoms with Crippen LogP contribution in [0.25, 0.3) is 0 Å². The number of amidine groups is 1. The summed E-state index contributed by atoms with van der Waals surface area (Å²) in [5.41, 5.74) is 6.48. The minimum atomic E-state index is 0.218. The molecular formula is C14H21Cl2N3. The van der Waals surface area contributed by atoms with E-state index >= 15 is 0 Å². The molecule has 0 saturated heterocycles. The van der Waals surface area contributed by atoms with Crippen molar-refractivity contribution < 1.29 is 0 Å². The molecule has 1 aromatic rings. The molecule has 0 unspecified atom stereocenters. The van der Waals surface area contributed by atoms with E-state index in [4.69, 9.17) is 34.3 Å². The SMILES string of the molecule is CC(C)CN(CCC(=N)N)Cc1ccc(Cl)cc1Cl. The van der Waals surface area contributed by atoms with Gasteiger partial charge in [0.05, 0.1) is 5.84 Å². The van der Waals surface area contributed by atoms with Gasteiger partial charge in [0.25, 0.3) is 0 Å². The molecule has 0 bridgehead atoms. The van der Waals surface area contributed by atoms with Gasteiger partial charge in [0.1, 0.15) is 0 Å². The molecule has 0 heterocycles. The maximum Gasteiger partial charge on any atom is 0.0918 e. The lowest BCUT2D eigenvalue weighted by Gasteiger charge is -2.24. The minimum absolute atomic E-state index is 0.218. The smallest absolute Gasteiger partial charge is 0.0918 e. The monoisotopic (exact) mass is 301 g/mol. The van der Waals surface area contributed by atoms with Gasteiger partial charge in [-0.1, -0.05) is 43.1 Å². The summed E-state index contributed by atoms with van der Waals surface area (Å²) in [4.78, 5) is 2.27. The van der Waals surface area contributed by atoms with E-state index in [9.17, 15) is 0 Å². The Labute approximate surface area is 125 Å². The molecule has 106 valence electrons. The van der Waals surface area contributed by atoms with E-state index in [0.717, 1.165) is 25.2 Å². The first-order valence-corrected chi connectivity index (χ1v) is 7.13. The highest BCUT2D eigenvalue weighted by Crippen LogP contribution is 2.22. The topological polar surface area (TPSA) is 53.1 Å². The molecule has 0 fully saturated rings. The van der Waals surface area contributed by atoms with Gasteiger partial charge in [-0.2, -0.15) is 0 Å². The first-order valence-electron chi connectivity index (χ1n) is 6.37. The second kappa shape index (κ2) is 7.73. The predicted octanol–water partition coefficient (Wildman–Crippen LogP) is 3.78. The number of hydrogen-bond donors (Lipinski definition) is 2. The van der Waals surface area contributed by atoms with E-state index in [2.05, 4.69) is 18.7 Å². The lowest BCUT2D eigenvalue weighted by Crippen LogP contribution is -2.31. The average molecular weight is 302 g/mol. The molecule has 0 radical (unpaired) electrons. The molecule has 0 amide bonds. The number of hydrogen-bond acceptors (Lipinski definition) is 2. The van der Waals surface area contributed by atoms with Crippen molar-refractivity contribution in [1.29, 1.82) is 5.41 Å². The zero-order chi connectivity index (χ0) is 14.4. The van der Waals surface area contributed by atoms with E-state index in [0.29, 0.717) is 22.4 Å². The van der Waals surface area contributed by atoms with Crippen LogP contribution < -0.4 is 5.73 Å². The predicted molar refractivity (Wildman–Crippen MR) is 83.1 cm³/mol. The number of benzene rings is 1. The van der Waals surface area contributed by atoms with Crippen LogP contribution >= 0.6 is 23.2 Å². The number of halogens is 2. The van der Waals surface area contributed by atoms with Gasteiger partial charge in [0.15, 0.2) is 0 Å². The standard InChI is InChI=1S/C14H21Cl2N3/c1-10(2)8-19(6-5-14(17)18)9-11-3-4-12(15)7-13(11)16/h3-4,7,10H,5-6,8-9H2,1-2H3,(H3,17,18). The normalized spacial score (nSPS) is 11.3. The molecule has 0 aliphatic heterocycles. The van der Waals surface area contributed by atoms with E-state index < -0.39 is 0 Å². The molecule has 0 saturated carbocycles. The summed E-state index contributed by atoms with van der Waals surface area (Å²) >= 11 is 12.1. The van der Waals surface area contributed by atoms with Crippen molar-refractivity contribution in [1.82, 2.24) is 4.90 Å². The Morgan fingerprint density at radius 3 is 2.58 bits per heavy atom. The Balaban J connectivity index is 2.72. The third-order valence-electron chi connectivity index (χ3n) is 2.73. The first kappa shape index (κ1) is 16.3. The Kier molecular flexibility index (Phi) is 6.63. The molecule has 5 heteroatoms. The molecule has 3 N–H and O–H groups in total. The van der Waals surface area contributed by atoms with Crippen molar-refractivity contribution in [3.8, 4) is 0 Å². The van der Waals surface area contributed by atoms with Crippen molar-refractivity contribution in [2.75, 3.05) is 13.1 Å². The quantitative estimate of drug-likeness (QED) is 0.595. The van der Waals surface area contributed by atoms with E-state index in [1.54, 1.807) is 6.07 Å². The number of nitrogens with two attached hydrogens (primary N) is 1. The summed E-state index contributed by atoms with van der Waals surface area (Å²) in [6, 6.07) is 5.56. The summed E-state index contributed by atoms with van der Waals surface area (Å²) in [7, 11) is 0. The Hall–Kier alpha value is -0.770. The number of rotatable bonds is 7. The highest BCUT2D eigenvalue weighted by atomic mass is 35.5. The third kappa shape index (κ3) is 6.28. The summed E-state index contributed by atoms with van der Waals surface area (Å²) < 4.78 is 0. The number of nitrogens with one attached hydrogen (secondary N) is 1. The van der Waals surface area contributed by atoms with Gasteiger partial charge in [0.2, 0.25) is 0 Å². The molecule has 0 spiro atoms. The van der Waals surface area contributed by atoms with E-state index in [1.807, 2.05) is 12.1 Å². The molecule has 19 heavy (non-hydrogen) atoms. The third-order valence-corrected chi connectivity index (χ3v) is 3.32. The second-order valence-electron chi connectivity index (χ2n) is 5.14. The zero-order valence-corrected chi connectivity index (χ0v) is 12.9. The second-order valence-corrected chi connectivity index (χ2v) is 5.98. The highest BCUT2D eigenvalue weighted by Gasteiger charge is 2.11. The van der Waals surface area contributed by atoms with Crippen LogP contribution in [0.4, 0.5) is 0 Å². The molecule has 3 nitrogen and oxygen atoms in total. The van der Waals surface area contributed by atoms with Crippen LogP contribution in [-0.4, -0.2) is 23.8 Å². The molecule has 0 atom stereocenters. The molecule has 0 aliphatic rings. The van der Waals surface area contributed by atoms with Crippen molar-refractivity contribution in [2.24, 2.45) is 11.7 Å². The highest BCUT2D eigenvalue weighted by molar-refractivity contribution is 6.35. The van der Waals surface area contributed by atoms with E-state index in [-0.39, 0.29) is 5.84 Å². The Morgan fingerprint density at radius 1 is 1.37 bits per heavy atom. The molecule has 0 aliphatic carbocycles. The van der Waals surface area contributed by atoms with Crippen LogP contribution in [0.2, 0.25) is 10.0 Å². The molecule has 1 rings (SSSR count). The zero-order valence-electron chi connectivity index (χ0n) is 11.4. The van der Waals surface area contributed by atoms with Gasteiger partial charge in [0, 0.05) is 36.1 Å². The lowest BCUT2D eigenvalue weighted by molar-refractivity contribution is 0.242. The van der Waals surface area contributed by atoms with Crippen LogP contribution in [0.5, 0.6) is 0 Å². The maximum absolute atomic E-state index is 7.33. The van der Waals surface area contributed by atoms with E-state index in [1.165, 1.54) is 0 Å². The van der Waals surface area contributed by atoms with Gasteiger partial charge in [-0.05, 0) is 23.6 Å². The number of nitrogens with zero attached hydrogens (tertiary/aromatic N) is 1. The Bertz CT molecular complexity index is 433. The molecular weight excluding hydrogens is 281 g/mol. The minimum Gasteiger partial charge on any atom is -0.388 e. The fourth-order valence-electron chi connectivity index (χ4n) is 1.92. The van der Waals surface area contributed by atoms with Gasteiger partial charge < -0.3 is 5.73 Å². The summed E-state index contributed by atoms with van der Waals surface area (Å²) in [6.07, 6.45) is 0.581. The average Bonchev–Trinajstić information content (AvgIpc) is 2.28. The molecule has 0 aromatic heterocycles. The van der Waals surface area contributed by atoms with Gasteiger partial charge in [-0.25, -0.2) is 0 Å². The van der Waals surface area contributed by atoms with Crippen molar-refractivity contribution >= 4 is 29.0 Å². The Morgan fingerprint density at radius 2 is 2.05 bits per heavy atom. The fourth-order valence-corrected chi connectivity index (χ4v) is 2.39. The lowest BCUT2D eigenvalue weighted by atomic mass is 10.1. The first-order chi connectivity index (χ1) is 8.88. The summed E-state index contributed by atoms with van der Waals surface area (Å²) in [6.45, 7) is 6.81. The van der Waals surface area contributed by atoms with Crippen LogP contribution in [0.1, 0.15) is 25.8 Å². The van der Waals surface area contributed by atoms with Crippen LogP contribution in [-0.2, 0) is 6.54 Å². The largest absolute Gasteiger partial charge is 0.388 e. The van der Waals surface area contributed by atoms with Crippen LogP contribution in [0, 0.1) is 11.3 Å². The van der Waals surface area contributed by atoms with Crippen molar-refractivity contribution in [2.45, 2.75) is 26.8 Å². The van der Waals surface area contributed by atoms with Gasteiger partial charge in [-0.15, -0.1) is 0 Å². The van der Waals surface area contributed by atoms with Crippen molar-refractivity contribution in [3.63, 3.8) is 0 Å².